The van der Waals surface area contributed by atoms with Crippen LogP contribution in [0.4, 0.5) is 5.82 Å². The van der Waals surface area contributed by atoms with Crippen LogP contribution in [0.15, 0.2) is 35.7 Å². The zero-order valence-corrected chi connectivity index (χ0v) is 15.6. The van der Waals surface area contributed by atoms with Crippen LogP contribution in [-0.2, 0) is 4.74 Å². The van der Waals surface area contributed by atoms with Gasteiger partial charge in [0.05, 0.1) is 12.8 Å². The molecule has 2 aromatic rings. The Morgan fingerprint density at radius 3 is 2.70 bits per heavy atom. The molecule has 5 rings (SSSR count). The second-order valence-corrected chi connectivity index (χ2v) is 6.83. The first-order valence-corrected chi connectivity index (χ1v) is 9.20. The Morgan fingerprint density at radius 1 is 1.22 bits per heavy atom. The average Bonchev–Trinajstić information content (AvgIpc) is 2.74. The van der Waals surface area contributed by atoms with E-state index in [1.54, 1.807) is 26.4 Å². The molecule has 2 bridgehead atoms. The molecule has 27 heavy (non-hydrogen) atoms. The van der Waals surface area contributed by atoms with Crippen molar-refractivity contribution in [3.8, 4) is 17.1 Å². The van der Waals surface area contributed by atoms with Gasteiger partial charge in [-0.1, -0.05) is 0 Å². The molecule has 1 unspecified atom stereocenters. The van der Waals surface area contributed by atoms with E-state index >= 15 is 0 Å². The Hall–Kier alpha value is -2.74. The third-order valence-corrected chi connectivity index (χ3v) is 5.21. The highest BCUT2D eigenvalue weighted by Gasteiger charge is 2.36. The SMILES string of the molecule is CN=C(Nc1cc(-c2ccc(OC)nc2)ncn1)OC1CN2CCC1CC2. The molecule has 0 aromatic carbocycles. The number of amidine groups is 1. The van der Waals surface area contributed by atoms with Gasteiger partial charge in [-0.25, -0.2) is 19.9 Å². The Labute approximate surface area is 158 Å². The number of hydrogen-bond acceptors (Lipinski definition) is 7. The van der Waals surface area contributed by atoms with Gasteiger partial charge in [0.2, 0.25) is 5.88 Å². The van der Waals surface area contributed by atoms with Crippen LogP contribution in [0, 0.1) is 5.92 Å². The quantitative estimate of drug-likeness (QED) is 0.653. The first-order valence-electron chi connectivity index (χ1n) is 9.20. The summed E-state index contributed by atoms with van der Waals surface area (Å²) in [6, 6.07) is 6.07. The Kier molecular flexibility index (Phi) is 5.15. The van der Waals surface area contributed by atoms with Gasteiger partial charge >= 0.3 is 0 Å². The van der Waals surface area contributed by atoms with Gasteiger partial charge in [0, 0.05) is 37.5 Å². The van der Waals surface area contributed by atoms with E-state index in [-0.39, 0.29) is 6.10 Å². The summed E-state index contributed by atoms with van der Waals surface area (Å²) in [6.45, 7) is 3.33. The van der Waals surface area contributed by atoms with E-state index in [0.717, 1.165) is 17.8 Å². The van der Waals surface area contributed by atoms with Gasteiger partial charge in [0.15, 0.2) is 0 Å². The molecule has 8 nitrogen and oxygen atoms in total. The molecule has 0 radical (unpaired) electrons. The van der Waals surface area contributed by atoms with Crippen molar-refractivity contribution in [1.82, 2.24) is 19.9 Å². The van der Waals surface area contributed by atoms with Crippen LogP contribution in [0.3, 0.4) is 0 Å². The zero-order valence-electron chi connectivity index (χ0n) is 15.6. The van der Waals surface area contributed by atoms with Gasteiger partial charge < -0.3 is 9.47 Å². The number of fused-ring (bicyclic) bond motifs is 3. The van der Waals surface area contributed by atoms with Crippen molar-refractivity contribution >= 4 is 11.8 Å². The van der Waals surface area contributed by atoms with Crippen LogP contribution in [-0.4, -0.2) is 65.8 Å². The molecule has 0 saturated carbocycles. The summed E-state index contributed by atoms with van der Waals surface area (Å²) in [5, 5.41) is 3.18. The van der Waals surface area contributed by atoms with E-state index in [1.807, 2.05) is 12.1 Å². The van der Waals surface area contributed by atoms with E-state index in [0.29, 0.717) is 23.6 Å². The number of pyridine rings is 1. The number of nitrogens with one attached hydrogen (secondary N) is 1. The molecule has 0 spiro atoms. The van der Waals surface area contributed by atoms with E-state index < -0.39 is 0 Å². The molecule has 3 aliphatic heterocycles. The first-order chi connectivity index (χ1) is 13.2. The molecule has 142 valence electrons. The number of ether oxygens (including phenoxy) is 2. The minimum atomic E-state index is 0.186. The normalized spacial score (nSPS) is 24.5. The summed E-state index contributed by atoms with van der Waals surface area (Å²) in [7, 11) is 3.31. The molecule has 1 N–H and O–H groups in total. The van der Waals surface area contributed by atoms with Crippen LogP contribution in [0.1, 0.15) is 12.8 Å². The minimum Gasteiger partial charge on any atom is -0.481 e. The molecule has 1 atom stereocenters. The number of aliphatic imine (C=N–C) groups is 1. The molecule has 3 fully saturated rings. The summed E-state index contributed by atoms with van der Waals surface area (Å²) in [5.74, 6) is 1.81. The van der Waals surface area contributed by atoms with Crippen molar-refractivity contribution < 1.29 is 9.47 Å². The molecule has 8 heteroatoms. The number of anilines is 1. The number of nitrogens with zero attached hydrogens (tertiary/aromatic N) is 5. The topological polar surface area (TPSA) is 84.8 Å². The molecular weight excluding hydrogens is 344 g/mol. The van der Waals surface area contributed by atoms with Crippen molar-refractivity contribution in [2.45, 2.75) is 18.9 Å². The molecule has 2 aromatic heterocycles. The minimum absolute atomic E-state index is 0.186. The van der Waals surface area contributed by atoms with Crippen LogP contribution in [0.25, 0.3) is 11.3 Å². The third-order valence-electron chi connectivity index (χ3n) is 5.21. The number of piperidine rings is 3. The highest BCUT2D eigenvalue weighted by molar-refractivity contribution is 5.88. The Morgan fingerprint density at radius 2 is 2.07 bits per heavy atom. The lowest BCUT2D eigenvalue weighted by Gasteiger charge is -2.44. The lowest BCUT2D eigenvalue weighted by molar-refractivity contribution is -0.0146. The second kappa shape index (κ2) is 7.87. The van der Waals surface area contributed by atoms with Crippen molar-refractivity contribution in [2.24, 2.45) is 10.9 Å². The lowest BCUT2D eigenvalue weighted by Crippen LogP contribution is -2.52. The standard InChI is InChI=1S/C19H24N6O2/c1-20-19(27-16-11-25-7-5-13(16)6-8-25)24-17-9-15(22-12-23-17)14-3-4-18(26-2)21-10-14/h3-4,9-10,12-13,16H,5-8,11H2,1-2H3,(H,20,22,23,24). The van der Waals surface area contributed by atoms with Crippen LogP contribution < -0.4 is 10.1 Å². The third kappa shape index (κ3) is 4.00. The maximum Gasteiger partial charge on any atom is 0.290 e. The maximum absolute atomic E-state index is 6.16. The first kappa shape index (κ1) is 17.7. The van der Waals surface area contributed by atoms with Gasteiger partial charge in [-0.15, -0.1) is 0 Å². The molecule has 5 heterocycles. The summed E-state index contributed by atoms with van der Waals surface area (Å²) < 4.78 is 11.3. The summed E-state index contributed by atoms with van der Waals surface area (Å²) in [4.78, 5) is 19.6. The molecule has 3 saturated heterocycles. The van der Waals surface area contributed by atoms with Crippen LogP contribution >= 0.6 is 0 Å². The number of methoxy groups -OCH3 is 1. The van der Waals surface area contributed by atoms with E-state index in [9.17, 15) is 0 Å². The van der Waals surface area contributed by atoms with Crippen molar-refractivity contribution in [2.75, 3.05) is 39.1 Å². The summed E-state index contributed by atoms with van der Waals surface area (Å²) in [6.07, 6.45) is 5.83. The monoisotopic (exact) mass is 368 g/mol. The Balaban J connectivity index is 1.45. The largest absolute Gasteiger partial charge is 0.481 e. The van der Waals surface area contributed by atoms with Crippen molar-refractivity contribution in [3.63, 3.8) is 0 Å². The average molecular weight is 368 g/mol. The predicted octanol–water partition coefficient (Wildman–Crippen LogP) is 2.06. The van der Waals surface area contributed by atoms with Gasteiger partial charge in [-0.3, -0.25) is 10.2 Å². The van der Waals surface area contributed by atoms with E-state index in [2.05, 4.69) is 30.2 Å². The maximum atomic E-state index is 6.16. The fourth-order valence-corrected chi connectivity index (χ4v) is 3.67. The van der Waals surface area contributed by atoms with Crippen molar-refractivity contribution in [3.05, 3.63) is 30.7 Å². The number of rotatable bonds is 4. The lowest BCUT2D eigenvalue weighted by atomic mass is 9.86. The van der Waals surface area contributed by atoms with E-state index in [4.69, 9.17) is 9.47 Å². The fourth-order valence-electron chi connectivity index (χ4n) is 3.67. The summed E-state index contributed by atoms with van der Waals surface area (Å²) >= 11 is 0. The number of hydrogen-bond donors (Lipinski definition) is 1. The molecular formula is C19H24N6O2. The molecule has 0 amide bonds. The Bertz CT molecular complexity index is 802. The van der Waals surface area contributed by atoms with Gasteiger partial charge in [-0.05, 0) is 37.9 Å². The van der Waals surface area contributed by atoms with Gasteiger partial charge in [0.25, 0.3) is 6.02 Å². The van der Waals surface area contributed by atoms with Crippen LogP contribution in [0.5, 0.6) is 5.88 Å². The van der Waals surface area contributed by atoms with Gasteiger partial charge in [0.1, 0.15) is 18.2 Å². The van der Waals surface area contributed by atoms with Crippen molar-refractivity contribution in [1.29, 1.82) is 0 Å². The fraction of sp³-hybridized carbons (Fsp3) is 0.474. The highest BCUT2D eigenvalue weighted by atomic mass is 16.5. The summed E-state index contributed by atoms with van der Waals surface area (Å²) in [5.41, 5.74) is 1.65. The van der Waals surface area contributed by atoms with Gasteiger partial charge in [-0.2, -0.15) is 0 Å². The second-order valence-electron chi connectivity index (χ2n) is 6.83. The zero-order chi connectivity index (χ0) is 18.6. The van der Waals surface area contributed by atoms with E-state index in [1.165, 1.54) is 32.3 Å². The van der Waals surface area contributed by atoms with Crippen LogP contribution in [0.2, 0.25) is 0 Å². The smallest absolute Gasteiger partial charge is 0.290 e. The highest BCUT2D eigenvalue weighted by Crippen LogP contribution is 2.29. The predicted molar refractivity (Wildman–Crippen MR) is 103 cm³/mol. The molecule has 3 aliphatic rings. The molecule has 0 aliphatic carbocycles. The number of aromatic nitrogens is 3.